The number of benzene rings is 2. The number of anilines is 2. The van der Waals surface area contributed by atoms with Crippen molar-refractivity contribution < 1.29 is 28.7 Å². The summed E-state index contributed by atoms with van der Waals surface area (Å²) in [5, 5.41) is 0. The van der Waals surface area contributed by atoms with Crippen LogP contribution in [0.3, 0.4) is 0 Å². The van der Waals surface area contributed by atoms with Gasteiger partial charge in [0.05, 0.1) is 11.4 Å². The van der Waals surface area contributed by atoms with Crippen molar-refractivity contribution in [1.82, 2.24) is 0 Å². The van der Waals surface area contributed by atoms with Crippen molar-refractivity contribution in [3.05, 3.63) is 71.1 Å². The number of nitrogens with zero attached hydrogens (tertiary/aromatic N) is 2. The molecule has 0 saturated carbocycles. The van der Waals surface area contributed by atoms with Crippen molar-refractivity contribution in [2.45, 2.75) is 52.7 Å². The van der Waals surface area contributed by atoms with Crippen LogP contribution in [0.5, 0.6) is 0 Å². The maximum absolute atomic E-state index is 13.7. The van der Waals surface area contributed by atoms with E-state index in [0.717, 1.165) is 0 Å². The summed E-state index contributed by atoms with van der Waals surface area (Å²) >= 11 is 0. The largest absolute Gasteiger partial charge is 0.459 e. The molecule has 4 rings (SSSR count). The fourth-order valence-corrected chi connectivity index (χ4v) is 4.35. The molecule has 0 spiro atoms. The minimum Gasteiger partial charge on any atom is -0.459 e. The third-order valence-corrected chi connectivity index (χ3v) is 5.49. The molecular formula is C28H30N2O6. The van der Waals surface area contributed by atoms with Crippen LogP contribution in [-0.2, 0) is 19.1 Å². The molecule has 0 fully saturated rings. The number of ether oxygens (including phenoxy) is 2. The summed E-state index contributed by atoms with van der Waals surface area (Å²) in [5.41, 5.74) is 0.340. The van der Waals surface area contributed by atoms with E-state index in [1.54, 1.807) is 90.1 Å². The summed E-state index contributed by atoms with van der Waals surface area (Å²) in [7, 11) is 0. The van der Waals surface area contributed by atoms with Gasteiger partial charge in [0.2, 0.25) is 11.6 Å². The third-order valence-electron chi connectivity index (χ3n) is 5.49. The zero-order valence-corrected chi connectivity index (χ0v) is 21.4. The molecule has 0 atom stereocenters. The van der Waals surface area contributed by atoms with Crippen LogP contribution in [-0.4, -0.2) is 47.8 Å². The lowest BCUT2D eigenvalue weighted by molar-refractivity contribution is -0.154. The Bertz CT molecular complexity index is 1200. The maximum atomic E-state index is 13.7. The molecule has 0 N–H and O–H groups in total. The summed E-state index contributed by atoms with van der Waals surface area (Å²) in [6.07, 6.45) is 0. The first kappa shape index (κ1) is 25.2. The number of hydrogen-bond acceptors (Lipinski definition) is 8. The van der Waals surface area contributed by atoms with Gasteiger partial charge in [-0.25, -0.2) is 0 Å². The predicted molar refractivity (Wildman–Crippen MR) is 135 cm³/mol. The predicted octanol–water partition coefficient (Wildman–Crippen LogP) is 4.29. The SMILES string of the molecule is CC(C)(C)OC(=O)CN1/C(=C2/C(=O)c3ccccc3N2CC(=O)OC(C)(C)C)C(=O)c2ccccc21. The quantitative estimate of drug-likeness (QED) is 0.463. The molecule has 2 aliphatic heterocycles. The molecule has 2 heterocycles. The van der Waals surface area contributed by atoms with E-state index in [4.69, 9.17) is 9.47 Å². The van der Waals surface area contributed by atoms with E-state index in [-0.39, 0.29) is 24.5 Å². The number of rotatable bonds is 4. The summed E-state index contributed by atoms with van der Waals surface area (Å²) in [4.78, 5) is 56.0. The van der Waals surface area contributed by atoms with Gasteiger partial charge in [-0.15, -0.1) is 0 Å². The Hall–Kier alpha value is -3.94. The van der Waals surface area contributed by atoms with E-state index in [2.05, 4.69) is 0 Å². The van der Waals surface area contributed by atoms with Crippen molar-refractivity contribution in [2.24, 2.45) is 0 Å². The minimum absolute atomic E-state index is 0.0341. The van der Waals surface area contributed by atoms with Gasteiger partial charge in [-0.2, -0.15) is 0 Å². The summed E-state index contributed by atoms with van der Waals surface area (Å²) in [6, 6.07) is 13.7. The Labute approximate surface area is 210 Å². The van der Waals surface area contributed by atoms with Crippen molar-refractivity contribution in [3.8, 4) is 0 Å². The van der Waals surface area contributed by atoms with Gasteiger partial charge in [-0.1, -0.05) is 24.3 Å². The Morgan fingerprint density at radius 3 is 1.31 bits per heavy atom. The second-order valence-electron chi connectivity index (χ2n) is 10.7. The number of fused-ring (bicyclic) bond motifs is 2. The third kappa shape index (κ3) is 4.89. The average molecular weight is 491 g/mol. The molecular weight excluding hydrogens is 460 g/mol. The van der Waals surface area contributed by atoms with Crippen LogP contribution in [0.15, 0.2) is 59.9 Å². The first-order valence-corrected chi connectivity index (χ1v) is 11.8. The molecule has 0 bridgehead atoms. The van der Waals surface area contributed by atoms with Gasteiger partial charge in [0, 0.05) is 11.1 Å². The van der Waals surface area contributed by atoms with Gasteiger partial charge in [0.25, 0.3) is 0 Å². The minimum atomic E-state index is -0.726. The molecule has 36 heavy (non-hydrogen) atoms. The Morgan fingerprint density at radius 2 is 0.972 bits per heavy atom. The number of carbonyl (C=O) groups excluding carboxylic acids is 4. The number of esters is 2. The van der Waals surface area contributed by atoms with Crippen LogP contribution in [0.4, 0.5) is 11.4 Å². The highest BCUT2D eigenvalue weighted by Crippen LogP contribution is 2.42. The molecule has 0 amide bonds. The smallest absolute Gasteiger partial charge is 0.326 e. The van der Waals surface area contributed by atoms with E-state index in [9.17, 15) is 19.2 Å². The van der Waals surface area contributed by atoms with Crippen LogP contribution in [0.25, 0.3) is 0 Å². The topological polar surface area (TPSA) is 93.2 Å². The lowest BCUT2D eigenvalue weighted by Crippen LogP contribution is -2.38. The fourth-order valence-electron chi connectivity index (χ4n) is 4.35. The molecule has 0 radical (unpaired) electrons. The van der Waals surface area contributed by atoms with Gasteiger partial charge in [-0.3, -0.25) is 19.2 Å². The van der Waals surface area contributed by atoms with E-state index in [0.29, 0.717) is 22.5 Å². The van der Waals surface area contributed by atoms with Crippen LogP contribution < -0.4 is 9.80 Å². The maximum Gasteiger partial charge on any atom is 0.326 e. The fraction of sp³-hybridized carbons (Fsp3) is 0.357. The number of carbonyl (C=O) groups is 4. The number of para-hydroxylation sites is 2. The van der Waals surface area contributed by atoms with Crippen LogP contribution in [0.1, 0.15) is 62.3 Å². The Balaban J connectivity index is 1.85. The van der Waals surface area contributed by atoms with Gasteiger partial charge in [-0.05, 0) is 65.8 Å². The molecule has 188 valence electrons. The lowest BCUT2D eigenvalue weighted by atomic mass is 10.1. The van der Waals surface area contributed by atoms with Gasteiger partial charge >= 0.3 is 11.9 Å². The molecule has 2 aromatic rings. The Morgan fingerprint density at radius 1 is 0.639 bits per heavy atom. The highest BCUT2D eigenvalue weighted by molar-refractivity contribution is 6.28. The number of allylic oxidation sites excluding steroid dienone is 2. The zero-order chi connectivity index (χ0) is 26.4. The van der Waals surface area contributed by atoms with E-state index in [1.807, 2.05) is 0 Å². The summed E-state index contributed by atoms with van der Waals surface area (Å²) in [5.74, 6) is -1.91. The van der Waals surface area contributed by atoms with Crippen molar-refractivity contribution in [1.29, 1.82) is 0 Å². The van der Waals surface area contributed by atoms with E-state index in [1.165, 1.54) is 9.80 Å². The standard InChI is InChI=1S/C28H30N2O6/c1-27(2,3)35-21(31)15-29-19-13-9-7-11-17(19)25(33)23(29)24-26(34)18-12-8-10-14-20(18)30(24)16-22(32)36-28(4,5)6/h7-14H,15-16H2,1-6H3/b24-23-. The molecule has 0 aromatic heterocycles. The van der Waals surface area contributed by atoms with Crippen molar-refractivity contribution >= 4 is 34.9 Å². The second-order valence-corrected chi connectivity index (χ2v) is 10.7. The molecule has 0 saturated heterocycles. The average Bonchev–Trinajstić information content (AvgIpc) is 3.17. The van der Waals surface area contributed by atoms with Gasteiger partial charge in [0.1, 0.15) is 35.7 Å². The molecule has 2 aromatic carbocycles. The number of Topliss-reactive ketones (excluding diaryl/α,β-unsaturated/α-hetero) is 2. The first-order valence-electron chi connectivity index (χ1n) is 11.8. The highest BCUT2D eigenvalue weighted by atomic mass is 16.6. The lowest BCUT2D eigenvalue weighted by Gasteiger charge is -2.28. The zero-order valence-electron chi connectivity index (χ0n) is 21.4. The van der Waals surface area contributed by atoms with Crippen LogP contribution in [0.2, 0.25) is 0 Å². The number of hydrogen-bond donors (Lipinski definition) is 0. The molecule has 8 heteroatoms. The van der Waals surface area contributed by atoms with Gasteiger partial charge in [0.15, 0.2) is 0 Å². The van der Waals surface area contributed by atoms with Crippen molar-refractivity contribution in [2.75, 3.05) is 22.9 Å². The number of ketones is 2. The first-order chi connectivity index (χ1) is 16.8. The normalized spacial score (nSPS) is 17.3. The monoisotopic (exact) mass is 490 g/mol. The summed E-state index contributed by atoms with van der Waals surface area (Å²) in [6.45, 7) is 9.99. The van der Waals surface area contributed by atoms with E-state index >= 15 is 0 Å². The molecule has 2 aliphatic rings. The highest BCUT2D eigenvalue weighted by Gasteiger charge is 2.44. The molecule has 8 nitrogen and oxygen atoms in total. The van der Waals surface area contributed by atoms with Crippen LogP contribution in [0, 0.1) is 0 Å². The van der Waals surface area contributed by atoms with Crippen LogP contribution >= 0.6 is 0 Å². The molecule has 0 aliphatic carbocycles. The Kier molecular flexibility index (Phi) is 6.24. The second kappa shape index (κ2) is 8.93. The van der Waals surface area contributed by atoms with Gasteiger partial charge < -0.3 is 19.3 Å². The summed E-state index contributed by atoms with van der Waals surface area (Å²) < 4.78 is 11.0. The molecule has 0 unspecified atom stereocenters. The van der Waals surface area contributed by atoms with E-state index < -0.39 is 34.7 Å². The van der Waals surface area contributed by atoms with Crippen molar-refractivity contribution in [3.63, 3.8) is 0 Å².